The quantitative estimate of drug-likeness (QED) is 0.611. The fourth-order valence-electron chi connectivity index (χ4n) is 2.15. The van der Waals surface area contributed by atoms with Gasteiger partial charge in [0.15, 0.2) is 18.1 Å². The Labute approximate surface area is 151 Å². The van der Waals surface area contributed by atoms with Gasteiger partial charge >= 0.3 is 0 Å². The lowest BCUT2D eigenvalue weighted by Gasteiger charge is -2.09. The molecule has 0 unspecified atom stereocenters. The maximum atomic E-state index is 11.8. The number of amides is 1. The monoisotopic (exact) mass is 362 g/mol. The summed E-state index contributed by atoms with van der Waals surface area (Å²) in [5.41, 5.74) is 4.51. The molecule has 132 valence electrons. The van der Waals surface area contributed by atoms with Gasteiger partial charge in [0.2, 0.25) is 0 Å². The number of ether oxygens (including phenoxy) is 2. The van der Waals surface area contributed by atoms with Crippen molar-refractivity contribution in [2.75, 3.05) is 13.7 Å². The molecule has 7 heteroatoms. The van der Waals surface area contributed by atoms with Crippen molar-refractivity contribution < 1.29 is 19.4 Å². The molecule has 2 rings (SSSR count). The van der Waals surface area contributed by atoms with Gasteiger partial charge in [-0.3, -0.25) is 4.79 Å². The Hall–Kier alpha value is -2.73. The summed E-state index contributed by atoms with van der Waals surface area (Å²) in [5.74, 6) is 0.409. The summed E-state index contributed by atoms with van der Waals surface area (Å²) in [4.78, 5) is 11.8. The Morgan fingerprint density at radius 1 is 1.32 bits per heavy atom. The fraction of sp³-hybridized carbons (Fsp3) is 0.222. The number of benzene rings is 2. The van der Waals surface area contributed by atoms with Gasteiger partial charge < -0.3 is 14.6 Å². The van der Waals surface area contributed by atoms with Gasteiger partial charge in [-0.2, -0.15) is 5.10 Å². The van der Waals surface area contributed by atoms with Crippen LogP contribution < -0.4 is 14.9 Å². The highest BCUT2D eigenvalue weighted by atomic mass is 35.5. The Bertz CT molecular complexity index is 783. The maximum absolute atomic E-state index is 11.8. The van der Waals surface area contributed by atoms with Crippen LogP contribution in [0.4, 0.5) is 0 Å². The maximum Gasteiger partial charge on any atom is 0.277 e. The lowest BCUT2D eigenvalue weighted by atomic mass is 10.1. The molecule has 6 nitrogen and oxygen atoms in total. The molecule has 2 aromatic carbocycles. The number of carbonyl (C=O) groups excluding carboxylic acids is 1. The number of phenols is 1. The zero-order chi connectivity index (χ0) is 18.4. The van der Waals surface area contributed by atoms with E-state index >= 15 is 0 Å². The number of phenolic OH excluding ortho intramolecular Hbond substituents is 1. The summed E-state index contributed by atoms with van der Waals surface area (Å²) >= 11 is 6.09. The number of nitrogens with one attached hydrogen (secondary N) is 1. The average molecular weight is 363 g/mol. The molecule has 25 heavy (non-hydrogen) atoms. The van der Waals surface area contributed by atoms with Crippen molar-refractivity contribution in [1.82, 2.24) is 5.43 Å². The molecule has 1 amide bonds. The third-order valence-corrected chi connectivity index (χ3v) is 4.02. The van der Waals surface area contributed by atoms with Crippen LogP contribution in [0.15, 0.2) is 35.4 Å². The summed E-state index contributed by atoms with van der Waals surface area (Å²) in [6.45, 7) is 3.54. The van der Waals surface area contributed by atoms with Gasteiger partial charge in [0.25, 0.3) is 5.91 Å². The van der Waals surface area contributed by atoms with E-state index in [0.717, 1.165) is 11.1 Å². The second kappa shape index (κ2) is 8.39. The molecule has 0 fully saturated rings. The molecule has 2 N–H and O–H groups in total. The summed E-state index contributed by atoms with van der Waals surface area (Å²) < 4.78 is 10.4. The van der Waals surface area contributed by atoms with Gasteiger partial charge in [0, 0.05) is 10.6 Å². The van der Waals surface area contributed by atoms with Crippen LogP contribution in [0, 0.1) is 13.8 Å². The summed E-state index contributed by atoms with van der Waals surface area (Å²) in [5, 5.41) is 14.4. The first-order valence-electron chi connectivity index (χ1n) is 7.49. The molecule has 0 spiro atoms. The SMILES string of the molecule is COc1cccc(/C=N\NC(=O)COc2cc(C)c(Cl)c(C)c2)c1O. The highest BCUT2D eigenvalue weighted by Gasteiger charge is 2.07. The van der Waals surface area contributed by atoms with E-state index in [0.29, 0.717) is 22.1 Å². The Morgan fingerprint density at radius 3 is 2.64 bits per heavy atom. The van der Waals surface area contributed by atoms with E-state index < -0.39 is 5.91 Å². The molecule has 0 atom stereocenters. The average Bonchev–Trinajstić information content (AvgIpc) is 2.59. The van der Waals surface area contributed by atoms with E-state index in [1.807, 2.05) is 13.8 Å². The second-order valence-corrected chi connectivity index (χ2v) is 5.73. The highest BCUT2D eigenvalue weighted by Crippen LogP contribution is 2.28. The van der Waals surface area contributed by atoms with Gasteiger partial charge in [-0.25, -0.2) is 5.43 Å². The highest BCUT2D eigenvalue weighted by molar-refractivity contribution is 6.32. The topological polar surface area (TPSA) is 80.2 Å². The summed E-state index contributed by atoms with van der Waals surface area (Å²) in [6, 6.07) is 8.49. The van der Waals surface area contributed by atoms with Crippen LogP contribution in [0.3, 0.4) is 0 Å². The Kier molecular flexibility index (Phi) is 6.25. The van der Waals surface area contributed by atoms with Crippen LogP contribution in [-0.2, 0) is 4.79 Å². The molecule has 0 saturated carbocycles. The van der Waals surface area contributed by atoms with E-state index in [9.17, 15) is 9.90 Å². The summed E-state index contributed by atoms with van der Waals surface area (Å²) in [7, 11) is 1.45. The molecule has 0 saturated heterocycles. The van der Waals surface area contributed by atoms with Gasteiger partial charge in [0.1, 0.15) is 5.75 Å². The normalized spacial score (nSPS) is 10.7. The van der Waals surface area contributed by atoms with Crippen LogP contribution in [0.2, 0.25) is 5.02 Å². The predicted molar refractivity (Wildman–Crippen MR) is 96.8 cm³/mol. The number of nitrogens with zero attached hydrogens (tertiary/aromatic N) is 1. The van der Waals surface area contributed by atoms with E-state index in [-0.39, 0.29) is 12.4 Å². The molecule has 2 aromatic rings. The standard InChI is InChI=1S/C18H19ClN2O4/c1-11-7-14(8-12(2)17(11)19)25-10-16(22)21-20-9-13-5-4-6-15(24-3)18(13)23/h4-9,23H,10H2,1-3H3,(H,21,22)/b20-9-. The number of aryl methyl sites for hydroxylation is 2. The van der Waals surface area contributed by atoms with E-state index in [2.05, 4.69) is 10.5 Å². The molecule has 0 bridgehead atoms. The molecule has 0 radical (unpaired) electrons. The van der Waals surface area contributed by atoms with Crippen LogP contribution in [0.5, 0.6) is 17.2 Å². The number of methoxy groups -OCH3 is 1. The number of hydrogen-bond acceptors (Lipinski definition) is 5. The van der Waals surface area contributed by atoms with Gasteiger partial charge in [-0.05, 0) is 49.2 Å². The van der Waals surface area contributed by atoms with E-state index in [1.165, 1.54) is 13.3 Å². The van der Waals surface area contributed by atoms with Crippen LogP contribution in [0.1, 0.15) is 16.7 Å². The Balaban J connectivity index is 1.91. The summed E-state index contributed by atoms with van der Waals surface area (Å²) in [6.07, 6.45) is 1.33. The molecule has 0 heterocycles. The van der Waals surface area contributed by atoms with Crippen LogP contribution in [0.25, 0.3) is 0 Å². The van der Waals surface area contributed by atoms with Crippen molar-refractivity contribution >= 4 is 23.7 Å². The minimum Gasteiger partial charge on any atom is -0.504 e. The minimum atomic E-state index is -0.427. The molecular formula is C18H19ClN2O4. The lowest BCUT2D eigenvalue weighted by Crippen LogP contribution is -2.24. The number of aromatic hydroxyl groups is 1. The smallest absolute Gasteiger partial charge is 0.277 e. The first kappa shape index (κ1) is 18.6. The third-order valence-electron chi connectivity index (χ3n) is 3.42. The zero-order valence-corrected chi connectivity index (χ0v) is 14.9. The van der Waals surface area contributed by atoms with Crippen molar-refractivity contribution in [2.24, 2.45) is 5.10 Å². The molecule has 0 aliphatic rings. The van der Waals surface area contributed by atoms with E-state index in [4.69, 9.17) is 21.1 Å². The fourth-order valence-corrected chi connectivity index (χ4v) is 2.26. The lowest BCUT2D eigenvalue weighted by molar-refractivity contribution is -0.123. The number of hydrogen-bond donors (Lipinski definition) is 2. The minimum absolute atomic E-state index is 0.0497. The predicted octanol–water partition coefficient (Wildman–Crippen LogP) is 3.20. The first-order chi connectivity index (χ1) is 11.9. The second-order valence-electron chi connectivity index (χ2n) is 5.35. The van der Waals surface area contributed by atoms with Crippen LogP contribution >= 0.6 is 11.6 Å². The van der Waals surface area contributed by atoms with Crippen molar-refractivity contribution in [3.63, 3.8) is 0 Å². The van der Waals surface area contributed by atoms with Crippen molar-refractivity contribution in [3.8, 4) is 17.2 Å². The van der Waals surface area contributed by atoms with Gasteiger partial charge in [-0.1, -0.05) is 17.7 Å². The van der Waals surface area contributed by atoms with Crippen molar-refractivity contribution in [3.05, 3.63) is 52.0 Å². The number of hydrazone groups is 1. The molecule has 0 aromatic heterocycles. The zero-order valence-electron chi connectivity index (χ0n) is 14.2. The number of halogens is 1. The molecule has 0 aliphatic carbocycles. The first-order valence-corrected chi connectivity index (χ1v) is 7.87. The van der Waals surface area contributed by atoms with Crippen molar-refractivity contribution in [2.45, 2.75) is 13.8 Å². The van der Waals surface area contributed by atoms with Gasteiger partial charge in [-0.15, -0.1) is 0 Å². The Morgan fingerprint density at radius 2 is 2.00 bits per heavy atom. The van der Waals surface area contributed by atoms with Crippen LogP contribution in [-0.4, -0.2) is 30.9 Å². The molecule has 0 aliphatic heterocycles. The third kappa shape index (κ3) is 4.87. The van der Waals surface area contributed by atoms with Crippen molar-refractivity contribution in [1.29, 1.82) is 0 Å². The number of carbonyl (C=O) groups is 1. The molecular weight excluding hydrogens is 344 g/mol. The number of rotatable bonds is 6. The van der Waals surface area contributed by atoms with E-state index in [1.54, 1.807) is 30.3 Å². The largest absolute Gasteiger partial charge is 0.504 e. The van der Waals surface area contributed by atoms with Gasteiger partial charge in [0.05, 0.1) is 13.3 Å². The number of para-hydroxylation sites is 1.